The Balaban J connectivity index is 1.97. The first-order valence-corrected chi connectivity index (χ1v) is 7.01. The zero-order valence-corrected chi connectivity index (χ0v) is 11.7. The molecule has 0 aliphatic rings. The maximum absolute atomic E-state index is 11.8. The average Bonchev–Trinajstić information content (AvgIpc) is 3.04. The minimum Gasteiger partial charge on any atom is -0.465 e. The van der Waals surface area contributed by atoms with Gasteiger partial charge in [0.2, 0.25) is 5.91 Å². The Morgan fingerprint density at radius 3 is 3.05 bits per heavy atom. The second kappa shape index (κ2) is 6.33. The second-order valence-corrected chi connectivity index (χ2v) is 5.03. The van der Waals surface area contributed by atoms with Crippen LogP contribution >= 0.6 is 11.3 Å². The maximum Gasteiger partial charge on any atom is 0.244 e. The highest BCUT2D eigenvalue weighted by atomic mass is 32.1. The van der Waals surface area contributed by atoms with E-state index in [4.69, 9.17) is 4.42 Å². The van der Waals surface area contributed by atoms with Gasteiger partial charge in [-0.15, -0.1) is 11.3 Å². The van der Waals surface area contributed by atoms with Crippen molar-refractivity contribution in [2.45, 2.75) is 26.3 Å². The number of furan rings is 1. The lowest BCUT2D eigenvalue weighted by atomic mass is 10.2. The first-order valence-electron chi connectivity index (χ1n) is 6.13. The standard InChI is InChI=1S/C14H16N2O2S/c1-3-12(14-15-10(2)9-19-14)16-13(17)7-6-11-5-4-8-18-11/h4-9,12H,3H2,1-2H3,(H,16,17)/b7-6+/t12-/m1/s1. The van der Waals surface area contributed by atoms with Gasteiger partial charge in [-0.3, -0.25) is 4.79 Å². The van der Waals surface area contributed by atoms with Crippen LogP contribution in [-0.4, -0.2) is 10.9 Å². The number of thiazole rings is 1. The lowest BCUT2D eigenvalue weighted by Gasteiger charge is -2.12. The third-order valence-corrected chi connectivity index (χ3v) is 3.68. The lowest BCUT2D eigenvalue weighted by Crippen LogP contribution is -2.26. The van der Waals surface area contributed by atoms with Crippen molar-refractivity contribution in [1.29, 1.82) is 0 Å². The Morgan fingerprint density at radius 2 is 2.47 bits per heavy atom. The topological polar surface area (TPSA) is 55.1 Å². The number of carbonyl (C=O) groups excluding carboxylic acids is 1. The summed E-state index contributed by atoms with van der Waals surface area (Å²) in [7, 11) is 0. The van der Waals surface area contributed by atoms with Crippen molar-refractivity contribution in [3.05, 3.63) is 46.3 Å². The van der Waals surface area contributed by atoms with Crippen LogP contribution in [0.4, 0.5) is 0 Å². The average molecular weight is 276 g/mol. The van der Waals surface area contributed by atoms with E-state index in [0.717, 1.165) is 17.1 Å². The number of nitrogens with one attached hydrogen (secondary N) is 1. The maximum atomic E-state index is 11.8. The molecule has 0 saturated carbocycles. The number of rotatable bonds is 5. The molecule has 1 atom stereocenters. The van der Waals surface area contributed by atoms with Crippen LogP contribution in [0.5, 0.6) is 0 Å². The van der Waals surface area contributed by atoms with Gasteiger partial charge in [0, 0.05) is 17.2 Å². The monoisotopic (exact) mass is 276 g/mol. The molecule has 100 valence electrons. The second-order valence-electron chi connectivity index (χ2n) is 4.15. The fourth-order valence-corrected chi connectivity index (χ4v) is 2.56. The van der Waals surface area contributed by atoms with Gasteiger partial charge in [0.25, 0.3) is 0 Å². The largest absolute Gasteiger partial charge is 0.465 e. The fourth-order valence-electron chi connectivity index (χ4n) is 1.63. The number of amides is 1. The SMILES string of the molecule is CC[C@@H](NC(=O)/C=C/c1ccco1)c1nc(C)cs1. The Labute approximate surface area is 116 Å². The molecule has 19 heavy (non-hydrogen) atoms. The summed E-state index contributed by atoms with van der Waals surface area (Å²) in [4.78, 5) is 16.2. The molecule has 0 bridgehead atoms. The quantitative estimate of drug-likeness (QED) is 0.852. The molecule has 0 radical (unpaired) electrons. The Bertz CT molecular complexity index is 558. The van der Waals surface area contributed by atoms with Crippen LogP contribution in [0.15, 0.2) is 34.3 Å². The van der Waals surface area contributed by atoms with Crippen molar-refractivity contribution in [2.75, 3.05) is 0 Å². The van der Waals surface area contributed by atoms with E-state index in [0.29, 0.717) is 5.76 Å². The third-order valence-electron chi connectivity index (χ3n) is 2.60. The number of nitrogens with zero attached hydrogens (tertiary/aromatic N) is 1. The summed E-state index contributed by atoms with van der Waals surface area (Å²) in [6.07, 6.45) is 5.51. The van der Waals surface area contributed by atoms with E-state index in [1.165, 1.54) is 6.08 Å². The van der Waals surface area contributed by atoms with Gasteiger partial charge in [-0.2, -0.15) is 0 Å². The summed E-state index contributed by atoms with van der Waals surface area (Å²) in [5.41, 5.74) is 0.985. The van der Waals surface area contributed by atoms with Gasteiger partial charge in [-0.1, -0.05) is 6.92 Å². The minimum absolute atomic E-state index is 0.0348. The number of hydrogen-bond acceptors (Lipinski definition) is 4. The van der Waals surface area contributed by atoms with Gasteiger partial charge in [0.1, 0.15) is 10.8 Å². The Morgan fingerprint density at radius 1 is 1.63 bits per heavy atom. The Hall–Kier alpha value is -1.88. The molecule has 0 spiro atoms. The minimum atomic E-state index is -0.142. The molecule has 1 amide bonds. The van der Waals surface area contributed by atoms with E-state index < -0.39 is 0 Å². The normalized spacial score (nSPS) is 12.7. The van der Waals surface area contributed by atoms with Crippen LogP contribution in [0.25, 0.3) is 6.08 Å². The van der Waals surface area contributed by atoms with E-state index in [1.807, 2.05) is 19.2 Å². The predicted molar refractivity (Wildman–Crippen MR) is 75.8 cm³/mol. The van der Waals surface area contributed by atoms with Crippen LogP contribution in [0, 0.1) is 6.92 Å². The highest BCUT2D eigenvalue weighted by Gasteiger charge is 2.14. The first kappa shape index (κ1) is 13.5. The molecule has 2 rings (SSSR count). The predicted octanol–water partition coefficient (Wildman–Crippen LogP) is 3.33. The van der Waals surface area contributed by atoms with Crippen molar-refractivity contribution in [3.8, 4) is 0 Å². The summed E-state index contributed by atoms with van der Waals surface area (Å²) in [6.45, 7) is 3.98. The highest BCUT2D eigenvalue weighted by molar-refractivity contribution is 7.09. The van der Waals surface area contributed by atoms with E-state index in [-0.39, 0.29) is 11.9 Å². The van der Waals surface area contributed by atoms with E-state index in [9.17, 15) is 4.79 Å². The molecule has 0 unspecified atom stereocenters. The molecule has 2 aromatic heterocycles. The number of aromatic nitrogens is 1. The molecule has 0 fully saturated rings. The molecule has 0 aliphatic heterocycles. The van der Waals surface area contributed by atoms with Gasteiger partial charge in [-0.05, 0) is 31.6 Å². The van der Waals surface area contributed by atoms with Gasteiger partial charge >= 0.3 is 0 Å². The summed E-state index contributed by atoms with van der Waals surface area (Å²) >= 11 is 1.57. The molecule has 0 aliphatic carbocycles. The number of carbonyl (C=O) groups is 1. The molecule has 0 aromatic carbocycles. The molecule has 0 saturated heterocycles. The number of aryl methyl sites for hydroxylation is 1. The van der Waals surface area contributed by atoms with E-state index in [1.54, 1.807) is 35.8 Å². The van der Waals surface area contributed by atoms with Crippen LogP contribution in [-0.2, 0) is 4.79 Å². The molecule has 2 aromatic rings. The summed E-state index contributed by atoms with van der Waals surface area (Å²) < 4.78 is 5.13. The molecular formula is C14H16N2O2S. The van der Waals surface area contributed by atoms with Crippen LogP contribution < -0.4 is 5.32 Å². The van der Waals surface area contributed by atoms with Crippen molar-refractivity contribution in [3.63, 3.8) is 0 Å². The molecule has 1 N–H and O–H groups in total. The smallest absolute Gasteiger partial charge is 0.244 e. The first-order chi connectivity index (χ1) is 9.19. The lowest BCUT2D eigenvalue weighted by molar-refractivity contribution is -0.117. The Kier molecular flexibility index (Phi) is 4.52. The summed E-state index contributed by atoms with van der Waals surface area (Å²) in [5, 5.41) is 5.87. The van der Waals surface area contributed by atoms with Crippen molar-refractivity contribution in [2.24, 2.45) is 0 Å². The summed E-state index contributed by atoms with van der Waals surface area (Å²) in [5.74, 6) is 0.518. The van der Waals surface area contributed by atoms with Crippen molar-refractivity contribution in [1.82, 2.24) is 10.3 Å². The van der Waals surface area contributed by atoms with Gasteiger partial charge in [0.05, 0.1) is 12.3 Å². The van der Waals surface area contributed by atoms with Gasteiger partial charge < -0.3 is 9.73 Å². The molecule has 4 nitrogen and oxygen atoms in total. The van der Waals surface area contributed by atoms with Crippen molar-refractivity contribution >= 4 is 23.3 Å². The fraction of sp³-hybridized carbons (Fsp3) is 0.286. The molecule has 5 heteroatoms. The molecular weight excluding hydrogens is 260 g/mol. The van der Waals surface area contributed by atoms with Gasteiger partial charge in [0.15, 0.2) is 0 Å². The van der Waals surface area contributed by atoms with Crippen LogP contribution in [0.2, 0.25) is 0 Å². The molecule has 2 heterocycles. The van der Waals surface area contributed by atoms with Crippen LogP contribution in [0.1, 0.15) is 35.8 Å². The third kappa shape index (κ3) is 3.79. The zero-order valence-electron chi connectivity index (χ0n) is 10.9. The number of hydrogen-bond donors (Lipinski definition) is 1. The van der Waals surface area contributed by atoms with E-state index >= 15 is 0 Å². The van der Waals surface area contributed by atoms with Crippen LogP contribution in [0.3, 0.4) is 0 Å². The highest BCUT2D eigenvalue weighted by Crippen LogP contribution is 2.20. The van der Waals surface area contributed by atoms with Gasteiger partial charge in [-0.25, -0.2) is 4.98 Å². The zero-order chi connectivity index (χ0) is 13.7. The van der Waals surface area contributed by atoms with E-state index in [2.05, 4.69) is 10.3 Å². The van der Waals surface area contributed by atoms with Crippen molar-refractivity contribution < 1.29 is 9.21 Å². The summed E-state index contributed by atoms with van der Waals surface area (Å²) in [6, 6.07) is 3.54.